The molecule has 0 aromatic rings. The monoisotopic (exact) mass is 162 g/mol. The summed E-state index contributed by atoms with van der Waals surface area (Å²) >= 11 is 4.15. The van der Waals surface area contributed by atoms with Crippen molar-refractivity contribution in [1.82, 2.24) is 0 Å². The summed E-state index contributed by atoms with van der Waals surface area (Å²) in [5, 5.41) is 0.614. The van der Waals surface area contributed by atoms with Crippen LogP contribution in [0.4, 0.5) is 0 Å². The Hall–Kier alpha value is 0.440. The first kappa shape index (κ1) is 9.44. The average molecular weight is 162 g/mol. The lowest BCUT2D eigenvalue weighted by Crippen LogP contribution is -1.92. The molecular formula is C7H14S2. The van der Waals surface area contributed by atoms with Crippen LogP contribution in [0.15, 0.2) is 12.2 Å². The summed E-state index contributed by atoms with van der Waals surface area (Å²) in [7, 11) is 1.63. The van der Waals surface area contributed by atoms with Gasteiger partial charge < -0.3 is 0 Å². The second-order valence-corrected chi connectivity index (χ2v) is 3.41. The molecule has 54 valence electrons. The third-order valence-corrected chi connectivity index (χ3v) is 2.59. The van der Waals surface area contributed by atoms with Crippen molar-refractivity contribution in [2.75, 3.05) is 0 Å². The minimum atomic E-state index is 0.614. The Balaban J connectivity index is 3.41. The molecule has 0 amide bonds. The van der Waals surface area contributed by atoms with E-state index >= 15 is 0 Å². The lowest BCUT2D eigenvalue weighted by molar-refractivity contribution is 0.830. The van der Waals surface area contributed by atoms with Crippen LogP contribution in [0.25, 0.3) is 0 Å². The molecule has 9 heavy (non-hydrogen) atoms. The first-order valence-corrected chi connectivity index (χ1v) is 5.21. The van der Waals surface area contributed by atoms with Crippen LogP contribution in [-0.2, 0) is 0 Å². The van der Waals surface area contributed by atoms with Crippen molar-refractivity contribution in [2.45, 2.75) is 31.9 Å². The Labute approximate surface area is 66.9 Å². The van der Waals surface area contributed by atoms with Gasteiger partial charge in [0.25, 0.3) is 0 Å². The zero-order valence-electron chi connectivity index (χ0n) is 6.00. The van der Waals surface area contributed by atoms with Gasteiger partial charge in [-0.15, -0.1) is 11.7 Å². The van der Waals surface area contributed by atoms with E-state index in [4.69, 9.17) is 0 Å². The molecule has 1 atom stereocenters. The molecule has 2 heteroatoms. The molecule has 0 bridgehead atoms. The molecule has 1 unspecified atom stereocenters. The molecule has 0 fully saturated rings. The van der Waals surface area contributed by atoms with Gasteiger partial charge in [-0.05, 0) is 13.3 Å². The van der Waals surface area contributed by atoms with Crippen LogP contribution in [0, 0.1) is 0 Å². The molecule has 0 saturated carbocycles. The van der Waals surface area contributed by atoms with Gasteiger partial charge in [0, 0.05) is 5.25 Å². The van der Waals surface area contributed by atoms with E-state index in [-0.39, 0.29) is 0 Å². The predicted octanol–water partition coefficient (Wildman–Crippen LogP) is 3.31. The second-order valence-electron chi connectivity index (χ2n) is 1.96. The summed E-state index contributed by atoms with van der Waals surface area (Å²) < 4.78 is 0. The second kappa shape index (κ2) is 6.56. The van der Waals surface area contributed by atoms with Gasteiger partial charge in [0.1, 0.15) is 0 Å². The number of rotatable bonds is 4. The average Bonchev–Trinajstić information content (AvgIpc) is 1.88. The Morgan fingerprint density at radius 1 is 1.67 bits per heavy atom. The van der Waals surface area contributed by atoms with Crippen molar-refractivity contribution in [3.8, 4) is 0 Å². The molecule has 0 radical (unpaired) electrons. The van der Waals surface area contributed by atoms with Crippen molar-refractivity contribution in [3.63, 3.8) is 0 Å². The minimum absolute atomic E-state index is 0.614. The molecule has 0 nitrogen and oxygen atoms in total. The van der Waals surface area contributed by atoms with E-state index in [0.717, 1.165) is 0 Å². The Kier molecular flexibility index (Phi) is 6.88. The van der Waals surface area contributed by atoms with Crippen LogP contribution < -0.4 is 0 Å². The van der Waals surface area contributed by atoms with Crippen LogP contribution >= 0.6 is 22.5 Å². The van der Waals surface area contributed by atoms with Gasteiger partial charge in [0.2, 0.25) is 0 Å². The third kappa shape index (κ3) is 4.91. The van der Waals surface area contributed by atoms with Crippen molar-refractivity contribution in [3.05, 3.63) is 12.2 Å². The van der Waals surface area contributed by atoms with Gasteiger partial charge in [-0.25, -0.2) is 0 Å². The van der Waals surface area contributed by atoms with Gasteiger partial charge in [-0.2, -0.15) is 0 Å². The van der Waals surface area contributed by atoms with E-state index < -0.39 is 0 Å². The Morgan fingerprint density at radius 2 is 2.33 bits per heavy atom. The van der Waals surface area contributed by atoms with Gasteiger partial charge in [-0.3, -0.25) is 0 Å². The summed E-state index contributed by atoms with van der Waals surface area (Å²) in [6.45, 7) is 4.24. The molecule has 0 aliphatic carbocycles. The number of hydrogen-bond donors (Lipinski definition) is 1. The van der Waals surface area contributed by atoms with E-state index in [2.05, 4.69) is 30.7 Å². The molecule has 0 saturated heterocycles. The van der Waals surface area contributed by atoms with Crippen LogP contribution in [-0.4, -0.2) is 5.25 Å². The van der Waals surface area contributed by atoms with Gasteiger partial charge in [-0.1, -0.05) is 36.3 Å². The topological polar surface area (TPSA) is 0 Å². The van der Waals surface area contributed by atoms with Crippen LogP contribution in [0.1, 0.15) is 26.7 Å². The summed E-state index contributed by atoms with van der Waals surface area (Å²) in [5.74, 6) is 0. The zero-order chi connectivity index (χ0) is 7.11. The van der Waals surface area contributed by atoms with E-state index in [1.54, 1.807) is 10.8 Å². The van der Waals surface area contributed by atoms with Crippen molar-refractivity contribution in [2.24, 2.45) is 0 Å². The Morgan fingerprint density at radius 3 is 2.67 bits per heavy atom. The molecular weight excluding hydrogens is 148 g/mol. The van der Waals surface area contributed by atoms with Crippen LogP contribution in [0.5, 0.6) is 0 Å². The van der Waals surface area contributed by atoms with Crippen molar-refractivity contribution < 1.29 is 0 Å². The minimum Gasteiger partial charge on any atom is -0.111 e. The van der Waals surface area contributed by atoms with Gasteiger partial charge in [0.15, 0.2) is 0 Å². The fourth-order valence-electron chi connectivity index (χ4n) is 0.683. The fraction of sp³-hybridized carbons (Fsp3) is 0.714. The highest BCUT2D eigenvalue weighted by atomic mass is 33.1. The molecule has 0 rings (SSSR count). The highest BCUT2D eigenvalue weighted by Crippen LogP contribution is 2.20. The SMILES string of the molecule is CC=CC(CCC)SS. The van der Waals surface area contributed by atoms with Crippen molar-refractivity contribution >= 4 is 22.5 Å². The van der Waals surface area contributed by atoms with Crippen LogP contribution in [0.3, 0.4) is 0 Å². The maximum Gasteiger partial charge on any atom is 0.0328 e. The lowest BCUT2D eigenvalue weighted by Gasteiger charge is -2.04. The standard InChI is InChI=1S/C7H14S2/c1-3-5-7(9-8)6-4-2/h3,5,7-8H,4,6H2,1-2H3. The highest BCUT2D eigenvalue weighted by molar-refractivity contribution is 8.68. The van der Waals surface area contributed by atoms with Crippen LogP contribution in [0.2, 0.25) is 0 Å². The van der Waals surface area contributed by atoms with Gasteiger partial charge in [0.05, 0.1) is 0 Å². The third-order valence-electron chi connectivity index (χ3n) is 1.12. The van der Waals surface area contributed by atoms with E-state index in [0.29, 0.717) is 5.25 Å². The summed E-state index contributed by atoms with van der Waals surface area (Å²) in [4.78, 5) is 0. The number of allylic oxidation sites excluding steroid dienone is 1. The largest absolute Gasteiger partial charge is 0.111 e. The first-order valence-electron chi connectivity index (χ1n) is 3.28. The van der Waals surface area contributed by atoms with Gasteiger partial charge >= 0.3 is 0 Å². The van der Waals surface area contributed by atoms with E-state index in [1.165, 1.54) is 12.8 Å². The van der Waals surface area contributed by atoms with E-state index in [1.807, 2.05) is 6.92 Å². The smallest absolute Gasteiger partial charge is 0.0328 e. The zero-order valence-corrected chi connectivity index (χ0v) is 7.71. The molecule has 0 aliphatic heterocycles. The summed E-state index contributed by atoms with van der Waals surface area (Å²) in [5.41, 5.74) is 0. The lowest BCUT2D eigenvalue weighted by atomic mass is 10.2. The highest BCUT2D eigenvalue weighted by Gasteiger charge is 1.98. The molecule has 0 aromatic carbocycles. The maximum absolute atomic E-state index is 4.15. The molecule has 0 aliphatic rings. The molecule has 0 heterocycles. The number of thiol groups is 1. The molecule has 0 aromatic heterocycles. The summed E-state index contributed by atoms with van der Waals surface area (Å²) in [6, 6.07) is 0. The quantitative estimate of drug-likeness (QED) is 0.376. The summed E-state index contributed by atoms with van der Waals surface area (Å²) in [6.07, 6.45) is 6.76. The predicted molar refractivity (Wildman–Crippen MR) is 50.1 cm³/mol. The Bertz CT molecular complexity index is 79.0. The molecule has 0 N–H and O–H groups in total. The molecule has 0 spiro atoms. The normalized spacial score (nSPS) is 14.6. The first-order chi connectivity index (χ1) is 4.35. The maximum atomic E-state index is 4.15. The fourth-order valence-corrected chi connectivity index (χ4v) is 1.78. The van der Waals surface area contributed by atoms with E-state index in [9.17, 15) is 0 Å². The number of hydrogen-bond acceptors (Lipinski definition) is 2. The van der Waals surface area contributed by atoms with Crippen molar-refractivity contribution in [1.29, 1.82) is 0 Å².